The van der Waals surface area contributed by atoms with Crippen molar-refractivity contribution in [2.45, 2.75) is 0 Å². The Labute approximate surface area is 114 Å². The SMILES string of the molecule is Nc1ccc(-c2ccc(N)c(N)c2Cl)c(Cl)c1N. The highest BCUT2D eigenvalue weighted by Crippen LogP contribution is 2.41. The molecule has 2 rings (SSSR count). The van der Waals surface area contributed by atoms with Gasteiger partial charge in [-0.1, -0.05) is 35.3 Å². The molecule has 0 bridgehead atoms. The fourth-order valence-electron chi connectivity index (χ4n) is 1.63. The predicted molar refractivity (Wildman–Crippen MR) is 79.5 cm³/mol. The lowest BCUT2D eigenvalue weighted by molar-refractivity contribution is 1.59. The van der Waals surface area contributed by atoms with Crippen LogP contribution in [0.1, 0.15) is 0 Å². The third-order valence-electron chi connectivity index (χ3n) is 2.72. The second kappa shape index (κ2) is 4.48. The van der Waals surface area contributed by atoms with Crippen LogP contribution in [0, 0.1) is 0 Å². The van der Waals surface area contributed by atoms with Crippen LogP contribution in [0.2, 0.25) is 10.0 Å². The number of rotatable bonds is 1. The van der Waals surface area contributed by atoms with Gasteiger partial charge in [0.1, 0.15) is 0 Å². The highest BCUT2D eigenvalue weighted by molar-refractivity contribution is 6.39. The average Bonchev–Trinajstić information content (AvgIpc) is 2.35. The molecule has 0 amide bonds. The van der Waals surface area contributed by atoms with Crippen LogP contribution in [0.15, 0.2) is 24.3 Å². The van der Waals surface area contributed by atoms with Crippen LogP contribution < -0.4 is 22.9 Å². The van der Waals surface area contributed by atoms with Gasteiger partial charge in [-0.05, 0) is 12.1 Å². The molecule has 0 fully saturated rings. The Kier molecular flexibility index (Phi) is 3.15. The molecule has 94 valence electrons. The molecule has 0 unspecified atom stereocenters. The standard InChI is InChI=1S/C12H12Cl2N4/c13-9-5(1-3-7(15)11(9)17)6-2-4-8(16)12(18)10(6)14/h1-4H,15-18H2. The molecule has 0 aliphatic rings. The summed E-state index contributed by atoms with van der Waals surface area (Å²) in [7, 11) is 0. The van der Waals surface area contributed by atoms with E-state index in [1.807, 2.05) is 0 Å². The minimum absolute atomic E-state index is 0.320. The molecule has 4 nitrogen and oxygen atoms in total. The van der Waals surface area contributed by atoms with E-state index in [1.54, 1.807) is 24.3 Å². The summed E-state index contributed by atoms with van der Waals surface area (Å²) in [5.41, 5.74) is 25.7. The number of hydrogen-bond donors (Lipinski definition) is 4. The van der Waals surface area contributed by atoms with Gasteiger partial charge in [0.15, 0.2) is 0 Å². The van der Waals surface area contributed by atoms with Crippen molar-refractivity contribution in [3.63, 3.8) is 0 Å². The quantitative estimate of drug-likeness (QED) is 0.604. The maximum atomic E-state index is 6.16. The molecule has 0 radical (unpaired) electrons. The molecule has 0 atom stereocenters. The summed E-state index contributed by atoms with van der Waals surface area (Å²) in [5, 5.41) is 0.696. The summed E-state index contributed by atoms with van der Waals surface area (Å²) >= 11 is 12.3. The van der Waals surface area contributed by atoms with Gasteiger partial charge in [0, 0.05) is 11.1 Å². The van der Waals surface area contributed by atoms with E-state index in [1.165, 1.54) is 0 Å². The van der Waals surface area contributed by atoms with E-state index in [-0.39, 0.29) is 0 Å². The molecular formula is C12H12Cl2N4. The van der Waals surface area contributed by atoms with Gasteiger partial charge in [-0.15, -0.1) is 0 Å². The minimum Gasteiger partial charge on any atom is -0.397 e. The van der Waals surface area contributed by atoms with Crippen molar-refractivity contribution < 1.29 is 0 Å². The Morgan fingerprint density at radius 1 is 0.611 bits per heavy atom. The molecule has 0 aliphatic heterocycles. The number of benzene rings is 2. The zero-order valence-corrected chi connectivity index (χ0v) is 10.9. The van der Waals surface area contributed by atoms with Crippen molar-refractivity contribution in [2.24, 2.45) is 0 Å². The van der Waals surface area contributed by atoms with Gasteiger partial charge in [-0.2, -0.15) is 0 Å². The maximum absolute atomic E-state index is 6.16. The third kappa shape index (κ3) is 1.89. The summed E-state index contributed by atoms with van der Waals surface area (Å²) < 4.78 is 0. The minimum atomic E-state index is 0.320. The third-order valence-corrected chi connectivity index (χ3v) is 3.53. The molecule has 0 aliphatic carbocycles. The topological polar surface area (TPSA) is 104 Å². The van der Waals surface area contributed by atoms with Crippen molar-refractivity contribution in [3.8, 4) is 11.1 Å². The average molecular weight is 283 g/mol. The van der Waals surface area contributed by atoms with Crippen molar-refractivity contribution in [1.29, 1.82) is 0 Å². The van der Waals surface area contributed by atoms with Crippen LogP contribution in [-0.4, -0.2) is 0 Å². The molecule has 18 heavy (non-hydrogen) atoms. The summed E-state index contributed by atoms with van der Waals surface area (Å²) in [6.45, 7) is 0. The Morgan fingerprint density at radius 3 is 1.28 bits per heavy atom. The molecule has 0 saturated heterocycles. The lowest BCUT2D eigenvalue weighted by Gasteiger charge is -2.13. The van der Waals surface area contributed by atoms with E-state index in [9.17, 15) is 0 Å². The number of halogens is 2. The first kappa shape index (κ1) is 12.7. The fourth-order valence-corrected chi connectivity index (χ4v) is 2.18. The predicted octanol–water partition coefficient (Wildman–Crippen LogP) is 2.99. The highest BCUT2D eigenvalue weighted by atomic mass is 35.5. The Bertz CT molecular complexity index is 570. The molecule has 8 N–H and O–H groups in total. The summed E-state index contributed by atoms with van der Waals surface area (Å²) in [5.74, 6) is 0. The van der Waals surface area contributed by atoms with Gasteiger partial charge in [-0.3, -0.25) is 0 Å². The lowest BCUT2D eigenvalue weighted by Crippen LogP contribution is -1.99. The van der Waals surface area contributed by atoms with Gasteiger partial charge in [0.05, 0.1) is 32.8 Å². The molecule has 2 aromatic rings. The molecule has 0 heterocycles. The largest absolute Gasteiger partial charge is 0.397 e. The lowest BCUT2D eigenvalue weighted by atomic mass is 10.0. The smallest absolute Gasteiger partial charge is 0.0743 e. The zero-order chi connectivity index (χ0) is 13.4. The van der Waals surface area contributed by atoms with Gasteiger partial charge in [-0.25, -0.2) is 0 Å². The number of nitrogen functional groups attached to an aromatic ring is 4. The molecule has 0 spiro atoms. The van der Waals surface area contributed by atoms with Gasteiger partial charge in [0.2, 0.25) is 0 Å². The van der Waals surface area contributed by atoms with Gasteiger partial charge >= 0.3 is 0 Å². The van der Waals surface area contributed by atoms with E-state index >= 15 is 0 Å². The second-order valence-corrected chi connectivity index (χ2v) is 4.62. The summed E-state index contributed by atoms with van der Waals surface area (Å²) in [4.78, 5) is 0. The Balaban J connectivity index is 2.71. The highest BCUT2D eigenvalue weighted by Gasteiger charge is 2.14. The molecule has 0 aromatic heterocycles. The summed E-state index contributed by atoms with van der Waals surface area (Å²) in [6, 6.07) is 6.81. The first-order valence-corrected chi connectivity index (χ1v) is 5.86. The van der Waals surface area contributed by atoms with Crippen LogP contribution in [0.5, 0.6) is 0 Å². The molecule has 6 heteroatoms. The van der Waals surface area contributed by atoms with E-state index in [2.05, 4.69) is 0 Å². The van der Waals surface area contributed by atoms with E-state index in [0.29, 0.717) is 43.9 Å². The number of anilines is 4. The van der Waals surface area contributed by atoms with Crippen LogP contribution >= 0.6 is 23.2 Å². The van der Waals surface area contributed by atoms with Gasteiger partial charge in [0.25, 0.3) is 0 Å². The van der Waals surface area contributed by atoms with Crippen molar-refractivity contribution in [2.75, 3.05) is 22.9 Å². The first-order chi connectivity index (χ1) is 8.43. The number of hydrogen-bond acceptors (Lipinski definition) is 4. The van der Waals surface area contributed by atoms with E-state index < -0.39 is 0 Å². The fraction of sp³-hybridized carbons (Fsp3) is 0. The van der Waals surface area contributed by atoms with Crippen LogP contribution in [0.25, 0.3) is 11.1 Å². The van der Waals surface area contributed by atoms with Crippen molar-refractivity contribution in [1.82, 2.24) is 0 Å². The first-order valence-electron chi connectivity index (χ1n) is 5.10. The second-order valence-electron chi connectivity index (χ2n) is 3.86. The molecule has 2 aromatic carbocycles. The molecular weight excluding hydrogens is 271 g/mol. The van der Waals surface area contributed by atoms with E-state index in [0.717, 1.165) is 0 Å². The van der Waals surface area contributed by atoms with Crippen LogP contribution in [0.4, 0.5) is 22.7 Å². The monoisotopic (exact) mass is 282 g/mol. The zero-order valence-electron chi connectivity index (χ0n) is 9.37. The molecule has 0 saturated carbocycles. The number of nitrogens with two attached hydrogens (primary N) is 4. The van der Waals surface area contributed by atoms with Crippen molar-refractivity contribution in [3.05, 3.63) is 34.3 Å². The van der Waals surface area contributed by atoms with Crippen LogP contribution in [-0.2, 0) is 0 Å². The summed E-state index contributed by atoms with van der Waals surface area (Å²) in [6.07, 6.45) is 0. The maximum Gasteiger partial charge on any atom is 0.0743 e. The van der Waals surface area contributed by atoms with Crippen LogP contribution in [0.3, 0.4) is 0 Å². The van der Waals surface area contributed by atoms with E-state index in [4.69, 9.17) is 46.1 Å². The Hall–Kier alpha value is -1.78. The normalized spacial score (nSPS) is 10.6. The van der Waals surface area contributed by atoms with Crippen molar-refractivity contribution >= 4 is 46.0 Å². The van der Waals surface area contributed by atoms with Gasteiger partial charge < -0.3 is 22.9 Å². The Morgan fingerprint density at radius 2 is 0.944 bits per heavy atom.